The van der Waals surface area contributed by atoms with Gasteiger partial charge in [0.05, 0.1) is 0 Å². The molecule has 0 fully saturated rings. The average molecular weight is 442 g/mol. The molecule has 15 heteroatoms. The van der Waals surface area contributed by atoms with Crippen LogP contribution in [0.3, 0.4) is 0 Å². The Balaban J connectivity index is -0.000000426. The molecule has 0 amide bonds. The lowest BCUT2D eigenvalue weighted by Gasteiger charge is -2.32. The zero-order valence-electron chi connectivity index (χ0n) is 13.9. The lowest BCUT2D eigenvalue weighted by atomic mass is 10.0. The lowest BCUT2D eigenvalue weighted by molar-refractivity contribution is -0.408. The zero-order chi connectivity index (χ0) is 23.9. The summed E-state index contributed by atoms with van der Waals surface area (Å²) in [7, 11) is 0. The quantitative estimate of drug-likeness (QED) is 0.464. The molecule has 0 bridgehead atoms. The van der Waals surface area contributed by atoms with Gasteiger partial charge in [0, 0.05) is 11.1 Å². The molecule has 0 saturated heterocycles. The van der Waals surface area contributed by atoms with Gasteiger partial charge in [-0.2, -0.15) is 39.5 Å². The molecule has 0 aliphatic rings. The van der Waals surface area contributed by atoms with Gasteiger partial charge < -0.3 is 10.2 Å². The molecule has 4 nitrogen and oxygen atoms in total. The van der Waals surface area contributed by atoms with Crippen LogP contribution in [-0.4, -0.2) is 52.5 Å². The summed E-state index contributed by atoms with van der Waals surface area (Å²) in [5.41, 5.74) is 0.352. The molecule has 0 aromatic carbocycles. The van der Waals surface area contributed by atoms with E-state index in [0.717, 1.165) is 0 Å². The van der Waals surface area contributed by atoms with Gasteiger partial charge in [-0.25, -0.2) is 18.4 Å². The van der Waals surface area contributed by atoms with Crippen LogP contribution in [0.1, 0.15) is 13.8 Å². The maximum Gasteiger partial charge on any atom is 0.460 e. The highest BCUT2D eigenvalue weighted by molar-refractivity contribution is 5.85. The Kier molecular flexibility index (Phi) is 11.1. The predicted octanol–water partition coefficient (Wildman–Crippen LogP) is 5.01. The fourth-order valence-electron chi connectivity index (χ4n) is 0.524. The SMILES string of the molecule is C=C(C)C(=O)O.C=C(C)C(=O)O.FC(F)C(F)(F)C(F)(F)C(F)(F)C(F)(F)F. The molecular weight excluding hydrogens is 429 g/mol. The molecule has 166 valence electrons. The van der Waals surface area contributed by atoms with Crippen LogP contribution in [-0.2, 0) is 9.59 Å². The van der Waals surface area contributed by atoms with Crippen molar-refractivity contribution in [2.24, 2.45) is 0 Å². The van der Waals surface area contributed by atoms with Crippen LogP contribution in [0.4, 0.5) is 48.3 Å². The van der Waals surface area contributed by atoms with Crippen LogP contribution in [0, 0.1) is 0 Å². The Morgan fingerprint density at radius 3 is 1.04 bits per heavy atom. The number of carbonyl (C=O) groups is 2. The van der Waals surface area contributed by atoms with Crippen LogP contribution in [0.25, 0.3) is 0 Å². The lowest BCUT2D eigenvalue weighted by Crippen LogP contribution is -2.63. The van der Waals surface area contributed by atoms with E-state index in [1.807, 2.05) is 0 Å². The van der Waals surface area contributed by atoms with Crippen molar-refractivity contribution in [3.63, 3.8) is 0 Å². The fraction of sp³-hybridized carbons (Fsp3) is 0.538. The van der Waals surface area contributed by atoms with E-state index in [0.29, 0.717) is 0 Å². The van der Waals surface area contributed by atoms with Gasteiger partial charge in [-0.15, -0.1) is 0 Å². The minimum absolute atomic E-state index is 0.176. The van der Waals surface area contributed by atoms with Crippen molar-refractivity contribution in [2.45, 2.75) is 44.2 Å². The van der Waals surface area contributed by atoms with Crippen molar-refractivity contribution < 1.29 is 68.1 Å². The minimum atomic E-state index is -7.26. The number of halogens is 11. The Bertz CT molecular complexity index is 532. The Hall–Kier alpha value is -2.35. The molecule has 0 heterocycles. The highest BCUT2D eigenvalue weighted by atomic mass is 19.4. The minimum Gasteiger partial charge on any atom is -0.478 e. The number of hydrogen-bond donors (Lipinski definition) is 2. The van der Waals surface area contributed by atoms with E-state index in [9.17, 15) is 57.9 Å². The molecular formula is C13H13F11O4. The first-order chi connectivity index (χ1) is 12.0. The fourth-order valence-corrected chi connectivity index (χ4v) is 0.524. The Morgan fingerprint density at radius 2 is 0.929 bits per heavy atom. The van der Waals surface area contributed by atoms with E-state index in [1.165, 1.54) is 13.8 Å². The van der Waals surface area contributed by atoms with Crippen LogP contribution >= 0.6 is 0 Å². The van der Waals surface area contributed by atoms with Gasteiger partial charge in [0.25, 0.3) is 0 Å². The van der Waals surface area contributed by atoms with Crippen LogP contribution in [0.15, 0.2) is 24.3 Å². The van der Waals surface area contributed by atoms with Crippen LogP contribution in [0.5, 0.6) is 0 Å². The summed E-state index contributed by atoms with van der Waals surface area (Å²) in [6.07, 6.45) is -12.4. The van der Waals surface area contributed by atoms with E-state index in [2.05, 4.69) is 13.2 Å². The summed E-state index contributed by atoms with van der Waals surface area (Å²) in [6.45, 7) is 9.20. The van der Waals surface area contributed by atoms with Gasteiger partial charge in [-0.3, -0.25) is 0 Å². The average Bonchev–Trinajstić information content (AvgIpc) is 2.46. The molecule has 0 aromatic rings. The number of aliphatic carboxylic acids is 2. The van der Waals surface area contributed by atoms with Gasteiger partial charge in [0.15, 0.2) is 0 Å². The van der Waals surface area contributed by atoms with Crippen molar-refractivity contribution in [3.05, 3.63) is 24.3 Å². The topological polar surface area (TPSA) is 74.6 Å². The third-order valence-corrected chi connectivity index (χ3v) is 2.17. The highest BCUT2D eigenvalue weighted by Gasteiger charge is 2.83. The summed E-state index contributed by atoms with van der Waals surface area (Å²) in [6, 6.07) is 0. The van der Waals surface area contributed by atoms with Crippen LogP contribution in [0.2, 0.25) is 0 Å². The Labute approximate surface area is 149 Å². The molecule has 2 N–H and O–H groups in total. The van der Waals surface area contributed by atoms with E-state index in [-0.39, 0.29) is 11.1 Å². The molecule has 0 aliphatic carbocycles. The molecule has 0 rings (SSSR count). The molecule has 28 heavy (non-hydrogen) atoms. The molecule has 0 spiro atoms. The smallest absolute Gasteiger partial charge is 0.460 e. The van der Waals surface area contributed by atoms with Crippen molar-refractivity contribution in [3.8, 4) is 0 Å². The van der Waals surface area contributed by atoms with Crippen molar-refractivity contribution in [1.82, 2.24) is 0 Å². The van der Waals surface area contributed by atoms with E-state index in [1.54, 1.807) is 0 Å². The third-order valence-electron chi connectivity index (χ3n) is 2.17. The Morgan fingerprint density at radius 1 is 0.714 bits per heavy atom. The normalized spacial score (nSPS) is 12.2. The standard InChI is InChI=1S/C5HF11.2C4H6O2/c6-1(7)2(8,9)3(10,11)4(12,13)5(14,15)16;2*1-3(2)4(5)6/h1H;2*1H2,2H3,(H,5,6). The second-order valence-corrected chi connectivity index (χ2v) is 4.74. The maximum atomic E-state index is 12.0. The van der Waals surface area contributed by atoms with E-state index in [4.69, 9.17) is 10.2 Å². The summed E-state index contributed by atoms with van der Waals surface area (Å²) < 4.78 is 128. The van der Waals surface area contributed by atoms with Gasteiger partial charge >= 0.3 is 42.3 Å². The number of carboxylic acids is 2. The summed E-state index contributed by atoms with van der Waals surface area (Å²) in [5, 5.41) is 15.8. The largest absolute Gasteiger partial charge is 0.478 e. The van der Waals surface area contributed by atoms with Crippen LogP contribution < -0.4 is 0 Å². The summed E-state index contributed by atoms with van der Waals surface area (Å²) in [4.78, 5) is 19.2. The first-order valence-electron chi connectivity index (χ1n) is 6.24. The molecule has 0 aromatic heterocycles. The monoisotopic (exact) mass is 442 g/mol. The van der Waals surface area contributed by atoms with Gasteiger partial charge in [-0.1, -0.05) is 13.2 Å². The maximum absolute atomic E-state index is 12.0. The second-order valence-electron chi connectivity index (χ2n) is 4.74. The summed E-state index contributed by atoms with van der Waals surface area (Å²) >= 11 is 0. The molecule has 0 unspecified atom stereocenters. The number of alkyl halides is 11. The van der Waals surface area contributed by atoms with Gasteiger partial charge in [0.1, 0.15) is 0 Å². The van der Waals surface area contributed by atoms with Crippen molar-refractivity contribution >= 4 is 11.9 Å². The van der Waals surface area contributed by atoms with E-state index < -0.39 is 42.3 Å². The highest BCUT2D eigenvalue weighted by Crippen LogP contribution is 2.54. The van der Waals surface area contributed by atoms with Crippen molar-refractivity contribution in [1.29, 1.82) is 0 Å². The van der Waals surface area contributed by atoms with Gasteiger partial charge in [-0.05, 0) is 13.8 Å². The first kappa shape index (κ1) is 30.4. The van der Waals surface area contributed by atoms with Gasteiger partial charge in [0.2, 0.25) is 0 Å². The number of hydrogen-bond acceptors (Lipinski definition) is 2. The molecule has 0 saturated carbocycles. The zero-order valence-corrected chi connectivity index (χ0v) is 13.9. The summed E-state index contributed by atoms with van der Waals surface area (Å²) in [5.74, 6) is -23.2. The van der Waals surface area contributed by atoms with Crippen molar-refractivity contribution in [2.75, 3.05) is 0 Å². The number of carboxylic acid groups (broad SMARTS) is 2. The first-order valence-corrected chi connectivity index (χ1v) is 6.24. The molecule has 0 radical (unpaired) electrons. The second kappa shape index (κ2) is 10.3. The third kappa shape index (κ3) is 8.12. The van der Waals surface area contributed by atoms with E-state index >= 15 is 0 Å². The molecule has 0 atom stereocenters. The number of rotatable bonds is 5. The predicted molar refractivity (Wildman–Crippen MR) is 71.8 cm³/mol. The molecule has 0 aliphatic heterocycles.